The lowest BCUT2D eigenvalue weighted by molar-refractivity contribution is -0.139. The molecular formula is C10H16N2O3. The Bertz CT molecular complexity index is 270. The van der Waals surface area contributed by atoms with Gasteiger partial charge in [-0.15, -0.1) is 6.42 Å². The van der Waals surface area contributed by atoms with Crippen LogP contribution in [0.2, 0.25) is 0 Å². The summed E-state index contributed by atoms with van der Waals surface area (Å²) in [5.41, 5.74) is 0. The molecule has 0 aliphatic carbocycles. The normalized spacial score (nSPS) is 13.4. The van der Waals surface area contributed by atoms with Crippen LogP contribution < -0.4 is 10.6 Å². The lowest BCUT2D eigenvalue weighted by Gasteiger charge is -2.15. The number of carbonyl (C=O) groups excluding carboxylic acids is 1. The molecule has 5 nitrogen and oxygen atoms in total. The number of carbonyl (C=O) groups is 2. The Kier molecular flexibility index (Phi) is 5.95. The van der Waals surface area contributed by atoms with Gasteiger partial charge in [0.1, 0.15) is 6.04 Å². The van der Waals surface area contributed by atoms with E-state index in [1.807, 2.05) is 6.92 Å². The van der Waals surface area contributed by atoms with Gasteiger partial charge in [0.2, 0.25) is 0 Å². The number of amides is 2. The number of hydrogen-bond donors (Lipinski definition) is 3. The quantitative estimate of drug-likeness (QED) is 0.583. The minimum Gasteiger partial charge on any atom is -0.480 e. The number of nitrogens with one attached hydrogen (secondary N) is 2. The smallest absolute Gasteiger partial charge is 0.326 e. The van der Waals surface area contributed by atoms with Crippen molar-refractivity contribution in [3.8, 4) is 12.3 Å². The first-order valence-corrected chi connectivity index (χ1v) is 4.81. The highest BCUT2D eigenvalue weighted by Crippen LogP contribution is 1.92. The molecule has 2 atom stereocenters. The number of hydrogen-bond acceptors (Lipinski definition) is 2. The van der Waals surface area contributed by atoms with Gasteiger partial charge < -0.3 is 15.7 Å². The average Bonchev–Trinajstić information content (AvgIpc) is 2.22. The number of aliphatic carboxylic acids is 1. The fraction of sp³-hybridized carbons (Fsp3) is 0.600. The maximum Gasteiger partial charge on any atom is 0.326 e. The van der Waals surface area contributed by atoms with E-state index >= 15 is 0 Å². The van der Waals surface area contributed by atoms with Crippen molar-refractivity contribution in [3.05, 3.63) is 0 Å². The standard InChI is InChI=1S/C10H16N2O3/c1-4-7(5-2)11-10(15)12-8(6-3)9(13)14/h1,7-8H,5-6H2,2-3H3,(H,13,14)(H2,11,12,15)/t7?,8-/m0/s1. The molecule has 0 heterocycles. The molecule has 15 heavy (non-hydrogen) atoms. The Morgan fingerprint density at radius 1 is 1.33 bits per heavy atom. The molecular weight excluding hydrogens is 196 g/mol. The van der Waals surface area contributed by atoms with E-state index in [1.165, 1.54) is 0 Å². The zero-order valence-electron chi connectivity index (χ0n) is 8.91. The van der Waals surface area contributed by atoms with E-state index < -0.39 is 18.0 Å². The monoisotopic (exact) mass is 212 g/mol. The SMILES string of the molecule is C#CC(CC)NC(=O)N[C@@H](CC)C(=O)O. The van der Waals surface area contributed by atoms with Crippen LogP contribution in [-0.2, 0) is 4.79 Å². The van der Waals surface area contributed by atoms with Crippen LogP contribution in [0, 0.1) is 12.3 Å². The van der Waals surface area contributed by atoms with Gasteiger partial charge in [-0.1, -0.05) is 19.8 Å². The predicted octanol–water partition coefficient (Wildman–Crippen LogP) is 0.561. The van der Waals surface area contributed by atoms with Crippen LogP contribution in [0.25, 0.3) is 0 Å². The summed E-state index contributed by atoms with van der Waals surface area (Å²) in [6.45, 7) is 3.51. The van der Waals surface area contributed by atoms with Gasteiger partial charge in [0.15, 0.2) is 0 Å². The topological polar surface area (TPSA) is 78.4 Å². The molecule has 0 rings (SSSR count). The summed E-state index contributed by atoms with van der Waals surface area (Å²) >= 11 is 0. The summed E-state index contributed by atoms with van der Waals surface area (Å²) in [5.74, 6) is 1.33. The third-order valence-electron chi connectivity index (χ3n) is 1.93. The largest absolute Gasteiger partial charge is 0.480 e. The third kappa shape index (κ3) is 4.91. The van der Waals surface area contributed by atoms with Crippen molar-refractivity contribution in [2.24, 2.45) is 0 Å². The van der Waals surface area contributed by atoms with Crippen LogP contribution >= 0.6 is 0 Å². The van der Waals surface area contributed by atoms with Crippen molar-refractivity contribution in [2.75, 3.05) is 0 Å². The molecule has 2 amide bonds. The molecule has 0 fully saturated rings. The molecule has 0 aromatic carbocycles. The molecule has 84 valence electrons. The van der Waals surface area contributed by atoms with Gasteiger partial charge in [0.25, 0.3) is 0 Å². The zero-order valence-corrected chi connectivity index (χ0v) is 8.91. The van der Waals surface area contributed by atoms with Gasteiger partial charge in [0, 0.05) is 0 Å². The molecule has 0 saturated heterocycles. The van der Waals surface area contributed by atoms with Gasteiger partial charge in [-0.25, -0.2) is 9.59 Å². The number of carboxylic acid groups (broad SMARTS) is 1. The highest BCUT2D eigenvalue weighted by Gasteiger charge is 2.18. The number of urea groups is 1. The second-order valence-corrected chi connectivity index (χ2v) is 3.04. The van der Waals surface area contributed by atoms with Crippen LogP contribution in [0.3, 0.4) is 0 Å². The summed E-state index contributed by atoms with van der Waals surface area (Å²) in [7, 11) is 0. The third-order valence-corrected chi connectivity index (χ3v) is 1.93. The molecule has 0 bridgehead atoms. The second kappa shape index (κ2) is 6.71. The van der Waals surface area contributed by atoms with Crippen molar-refractivity contribution in [1.29, 1.82) is 0 Å². The molecule has 0 aromatic heterocycles. The lowest BCUT2D eigenvalue weighted by Crippen LogP contribution is -2.48. The van der Waals surface area contributed by atoms with Crippen molar-refractivity contribution in [1.82, 2.24) is 10.6 Å². The predicted molar refractivity (Wildman–Crippen MR) is 56.3 cm³/mol. The van der Waals surface area contributed by atoms with Crippen LogP contribution in [-0.4, -0.2) is 29.2 Å². The molecule has 0 aromatic rings. The van der Waals surface area contributed by atoms with Gasteiger partial charge >= 0.3 is 12.0 Å². The Labute approximate surface area is 89.2 Å². The van der Waals surface area contributed by atoms with Crippen LogP contribution in [0.1, 0.15) is 26.7 Å². The highest BCUT2D eigenvalue weighted by atomic mass is 16.4. The second-order valence-electron chi connectivity index (χ2n) is 3.04. The van der Waals surface area contributed by atoms with Crippen LogP contribution in [0.5, 0.6) is 0 Å². The van der Waals surface area contributed by atoms with E-state index in [-0.39, 0.29) is 6.04 Å². The maximum atomic E-state index is 11.3. The summed E-state index contributed by atoms with van der Waals surface area (Å²) in [6.07, 6.45) is 6.08. The van der Waals surface area contributed by atoms with Gasteiger partial charge in [0.05, 0.1) is 6.04 Å². The molecule has 0 saturated carbocycles. The molecule has 0 spiro atoms. The molecule has 0 aliphatic rings. The summed E-state index contributed by atoms with van der Waals surface area (Å²) in [5, 5.41) is 13.5. The van der Waals surface area contributed by atoms with Crippen molar-refractivity contribution >= 4 is 12.0 Å². The molecule has 5 heteroatoms. The Hall–Kier alpha value is -1.70. The first-order chi connectivity index (χ1) is 7.04. The molecule has 1 unspecified atom stereocenters. The molecule has 0 radical (unpaired) electrons. The van der Waals surface area contributed by atoms with E-state index in [1.54, 1.807) is 6.92 Å². The van der Waals surface area contributed by atoms with E-state index in [0.29, 0.717) is 12.8 Å². The minimum atomic E-state index is -1.05. The Morgan fingerprint density at radius 2 is 1.93 bits per heavy atom. The van der Waals surface area contributed by atoms with Crippen molar-refractivity contribution < 1.29 is 14.7 Å². The average molecular weight is 212 g/mol. The number of rotatable bonds is 5. The van der Waals surface area contributed by atoms with Gasteiger partial charge in [-0.2, -0.15) is 0 Å². The molecule has 3 N–H and O–H groups in total. The first-order valence-electron chi connectivity index (χ1n) is 4.81. The lowest BCUT2D eigenvalue weighted by atomic mass is 10.2. The highest BCUT2D eigenvalue weighted by molar-refractivity contribution is 5.82. The summed E-state index contributed by atoms with van der Waals surface area (Å²) < 4.78 is 0. The fourth-order valence-electron chi connectivity index (χ4n) is 0.958. The Balaban J connectivity index is 4.13. The fourth-order valence-corrected chi connectivity index (χ4v) is 0.958. The van der Waals surface area contributed by atoms with Crippen LogP contribution in [0.4, 0.5) is 4.79 Å². The molecule has 0 aliphatic heterocycles. The van der Waals surface area contributed by atoms with E-state index in [4.69, 9.17) is 11.5 Å². The first kappa shape index (κ1) is 13.3. The summed E-state index contributed by atoms with van der Waals surface area (Å²) in [4.78, 5) is 21.9. The van der Waals surface area contributed by atoms with Gasteiger partial charge in [-0.05, 0) is 12.8 Å². The van der Waals surface area contributed by atoms with E-state index in [9.17, 15) is 9.59 Å². The van der Waals surface area contributed by atoms with Crippen molar-refractivity contribution in [3.63, 3.8) is 0 Å². The minimum absolute atomic E-state index is 0.329. The maximum absolute atomic E-state index is 11.3. The zero-order chi connectivity index (χ0) is 11.8. The van der Waals surface area contributed by atoms with Crippen LogP contribution in [0.15, 0.2) is 0 Å². The number of carboxylic acids is 1. The Morgan fingerprint density at radius 3 is 2.27 bits per heavy atom. The van der Waals surface area contributed by atoms with E-state index in [0.717, 1.165) is 0 Å². The summed E-state index contributed by atoms with van der Waals surface area (Å²) in [6, 6.07) is -1.79. The number of terminal acetylenes is 1. The van der Waals surface area contributed by atoms with E-state index in [2.05, 4.69) is 16.6 Å². The van der Waals surface area contributed by atoms with Gasteiger partial charge in [-0.3, -0.25) is 0 Å². The van der Waals surface area contributed by atoms with Crippen molar-refractivity contribution in [2.45, 2.75) is 38.8 Å².